The number of amides is 1. The molecule has 0 radical (unpaired) electrons. The van der Waals surface area contributed by atoms with E-state index in [4.69, 9.17) is 9.15 Å². The SMILES string of the molecule is O=C(NCc1ccc(-c2ccc(Br)cc2)o1)c1cccc(OCc2ccccc2)c1. The third-order valence-corrected chi connectivity index (χ3v) is 5.09. The van der Waals surface area contributed by atoms with Gasteiger partial charge in [-0.25, -0.2) is 0 Å². The van der Waals surface area contributed by atoms with Gasteiger partial charge >= 0.3 is 0 Å². The lowest BCUT2D eigenvalue weighted by atomic mass is 10.2. The van der Waals surface area contributed by atoms with Crippen LogP contribution < -0.4 is 10.1 Å². The first-order valence-electron chi connectivity index (χ1n) is 9.57. The summed E-state index contributed by atoms with van der Waals surface area (Å²) >= 11 is 3.43. The largest absolute Gasteiger partial charge is 0.489 e. The van der Waals surface area contributed by atoms with Crippen LogP contribution in [0, 0.1) is 0 Å². The molecule has 0 saturated heterocycles. The van der Waals surface area contributed by atoms with Crippen LogP contribution in [0.2, 0.25) is 0 Å². The molecule has 30 heavy (non-hydrogen) atoms. The molecule has 0 spiro atoms. The van der Waals surface area contributed by atoms with Crippen molar-refractivity contribution in [2.75, 3.05) is 0 Å². The zero-order valence-electron chi connectivity index (χ0n) is 16.2. The van der Waals surface area contributed by atoms with Crippen LogP contribution in [0.1, 0.15) is 21.7 Å². The average molecular weight is 462 g/mol. The monoisotopic (exact) mass is 461 g/mol. The van der Waals surface area contributed by atoms with Gasteiger partial charge < -0.3 is 14.5 Å². The molecule has 0 unspecified atom stereocenters. The zero-order valence-corrected chi connectivity index (χ0v) is 17.8. The number of hydrogen-bond donors (Lipinski definition) is 1. The van der Waals surface area contributed by atoms with Gasteiger partial charge in [0.05, 0.1) is 6.54 Å². The third kappa shape index (κ3) is 5.19. The first-order valence-corrected chi connectivity index (χ1v) is 10.4. The number of halogens is 1. The summed E-state index contributed by atoms with van der Waals surface area (Å²) in [6.45, 7) is 0.765. The highest BCUT2D eigenvalue weighted by Crippen LogP contribution is 2.24. The van der Waals surface area contributed by atoms with E-state index in [0.29, 0.717) is 30.2 Å². The van der Waals surface area contributed by atoms with E-state index in [2.05, 4.69) is 21.2 Å². The molecule has 3 aromatic carbocycles. The highest BCUT2D eigenvalue weighted by atomic mass is 79.9. The molecule has 0 bridgehead atoms. The smallest absolute Gasteiger partial charge is 0.251 e. The molecular formula is C25H20BrNO3. The van der Waals surface area contributed by atoms with Crippen LogP contribution in [0.25, 0.3) is 11.3 Å². The minimum atomic E-state index is -0.179. The third-order valence-electron chi connectivity index (χ3n) is 4.56. The Labute approximate surface area is 183 Å². The lowest BCUT2D eigenvalue weighted by Crippen LogP contribution is -2.22. The first kappa shape index (κ1) is 20.0. The lowest BCUT2D eigenvalue weighted by Gasteiger charge is -2.08. The van der Waals surface area contributed by atoms with Gasteiger partial charge in [0, 0.05) is 15.6 Å². The molecule has 4 aromatic rings. The number of nitrogens with one attached hydrogen (secondary N) is 1. The van der Waals surface area contributed by atoms with Crippen LogP contribution in [-0.2, 0) is 13.2 Å². The van der Waals surface area contributed by atoms with Gasteiger partial charge in [0.15, 0.2) is 0 Å². The Kier molecular flexibility index (Phi) is 6.30. The number of furan rings is 1. The second-order valence-electron chi connectivity index (χ2n) is 6.76. The molecule has 0 aliphatic carbocycles. The van der Waals surface area contributed by atoms with Crippen molar-refractivity contribution in [3.05, 3.63) is 112 Å². The number of rotatable bonds is 7. The summed E-state index contributed by atoms with van der Waals surface area (Å²) in [7, 11) is 0. The van der Waals surface area contributed by atoms with E-state index in [1.54, 1.807) is 12.1 Å². The highest BCUT2D eigenvalue weighted by Gasteiger charge is 2.09. The van der Waals surface area contributed by atoms with E-state index in [-0.39, 0.29) is 5.91 Å². The minimum absolute atomic E-state index is 0.179. The summed E-state index contributed by atoms with van der Waals surface area (Å²) in [5.41, 5.74) is 2.60. The van der Waals surface area contributed by atoms with Crippen molar-refractivity contribution in [3.8, 4) is 17.1 Å². The lowest BCUT2D eigenvalue weighted by molar-refractivity contribution is 0.0947. The van der Waals surface area contributed by atoms with Gasteiger partial charge in [0.2, 0.25) is 0 Å². The van der Waals surface area contributed by atoms with Gasteiger partial charge in [-0.15, -0.1) is 0 Å². The Hall–Kier alpha value is -3.31. The Morgan fingerprint density at radius 1 is 0.900 bits per heavy atom. The van der Waals surface area contributed by atoms with Crippen molar-refractivity contribution in [2.24, 2.45) is 0 Å². The van der Waals surface area contributed by atoms with Crippen molar-refractivity contribution < 1.29 is 13.9 Å². The van der Waals surface area contributed by atoms with Crippen molar-refractivity contribution in [3.63, 3.8) is 0 Å². The number of hydrogen-bond acceptors (Lipinski definition) is 3. The van der Waals surface area contributed by atoms with Crippen LogP contribution >= 0.6 is 15.9 Å². The molecule has 4 rings (SSSR count). The average Bonchev–Trinajstić information content (AvgIpc) is 3.26. The Morgan fingerprint density at radius 2 is 1.70 bits per heavy atom. The van der Waals surface area contributed by atoms with Crippen molar-refractivity contribution in [2.45, 2.75) is 13.2 Å². The van der Waals surface area contributed by atoms with Gasteiger partial charge in [-0.3, -0.25) is 4.79 Å². The predicted molar refractivity (Wildman–Crippen MR) is 120 cm³/mol. The van der Waals surface area contributed by atoms with Gasteiger partial charge in [0.25, 0.3) is 5.91 Å². The Balaban J connectivity index is 1.34. The van der Waals surface area contributed by atoms with Crippen LogP contribution in [-0.4, -0.2) is 5.91 Å². The summed E-state index contributed by atoms with van der Waals surface area (Å²) in [5, 5.41) is 2.89. The quantitative estimate of drug-likeness (QED) is 0.355. The highest BCUT2D eigenvalue weighted by molar-refractivity contribution is 9.10. The van der Waals surface area contributed by atoms with E-state index in [1.807, 2.05) is 78.9 Å². The van der Waals surface area contributed by atoms with Gasteiger partial charge in [-0.05, 0) is 48.0 Å². The minimum Gasteiger partial charge on any atom is -0.489 e. The summed E-state index contributed by atoms with van der Waals surface area (Å²) in [6.07, 6.45) is 0. The summed E-state index contributed by atoms with van der Waals surface area (Å²) in [4.78, 5) is 12.5. The molecule has 1 aromatic heterocycles. The Morgan fingerprint density at radius 3 is 2.50 bits per heavy atom. The van der Waals surface area contributed by atoms with Crippen molar-refractivity contribution in [1.29, 1.82) is 0 Å². The fourth-order valence-corrected chi connectivity index (χ4v) is 3.24. The standard InChI is InChI=1S/C25H20BrNO3/c26-21-11-9-19(10-12-21)24-14-13-23(30-24)16-27-25(28)20-7-4-8-22(15-20)29-17-18-5-2-1-3-6-18/h1-15H,16-17H2,(H,27,28). The summed E-state index contributed by atoms with van der Waals surface area (Å²) in [5.74, 6) is 1.93. The molecular weight excluding hydrogens is 442 g/mol. The first-order chi connectivity index (χ1) is 14.7. The van der Waals surface area contributed by atoms with Crippen LogP contribution in [0.5, 0.6) is 5.75 Å². The fraction of sp³-hybridized carbons (Fsp3) is 0.0800. The normalized spacial score (nSPS) is 10.6. The fourth-order valence-electron chi connectivity index (χ4n) is 2.98. The molecule has 0 aliphatic heterocycles. The van der Waals surface area contributed by atoms with Gasteiger partial charge in [-0.2, -0.15) is 0 Å². The molecule has 1 N–H and O–H groups in total. The molecule has 0 saturated carbocycles. The second kappa shape index (κ2) is 9.46. The van der Waals surface area contributed by atoms with E-state index in [9.17, 15) is 4.79 Å². The van der Waals surface area contributed by atoms with Crippen LogP contribution in [0.4, 0.5) is 0 Å². The molecule has 4 nitrogen and oxygen atoms in total. The summed E-state index contributed by atoms with van der Waals surface area (Å²) < 4.78 is 12.7. The van der Waals surface area contributed by atoms with E-state index >= 15 is 0 Å². The predicted octanol–water partition coefficient (Wildman–Crippen LogP) is 6.22. The molecule has 1 heterocycles. The molecule has 1 amide bonds. The molecule has 150 valence electrons. The molecule has 5 heteroatoms. The Bertz CT molecular complexity index is 1120. The number of ether oxygens (including phenoxy) is 1. The van der Waals surface area contributed by atoms with Gasteiger partial charge in [-0.1, -0.05) is 64.5 Å². The number of carbonyl (C=O) groups is 1. The van der Waals surface area contributed by atoms with Crippen LogP contribution in [0.15, 0.2) is 99.9 Å². The second-order valence-corrected chi connectivity index (χ2v) is 7.67. The maximum Gasteiger partial charge on any atom is 0.251 e. The van der Waals surface area contributed by atoms with Crippen molar-refractivity contribution in [1.82, 2.24) is 5.32 Å². The maximum absolute atomic E-state index is 12.5. The molecule has 0 fully saturated rings. The molecule has 0 atom stereocenters. The summed E-state index contributed by atoms with van der Waals surface area (Å²) in [6, 6.07) is 28.7. The number of carbonyl (C=O) groups excluding carboxylic acids is 1. The van der Waals surface area contributed by atoms with Crippen LogP contribution in [0.3, 0.4) is 0 Å². The van der Waals surface area contributed by atoms with E-state index in [1.165, 1.54) is 0 Å². The van der Waals surface area contributed by atoms with Gasteiger partial charge in [0.1, 0.15) is 23.9 Å². The van der Waals surface area contributed by atoms with E-state index in [0.717, 1.165) is 21.4 Å². The van der Waals surface area contributed by atoms with E-state index < -0.39 is 0 Å². The maximum atomic E-state index is 12.5. The molecule has 0 aliphatic rings. The topological polar surface area (TPSA) is 51.5 Å². The number of benzene rings is 3. The van der Waals surface area contributed by atoms with Crippen molar-refractivity contribution >= 4 is 21.8 Å². The zero-order chi connectivity index (χ0) is 20.8.